The van der Waals surface area contributed by atoms with E-state index in [1.54, 1.807) is 24.5 Å². The van der Waals surface area contributed by atoms with Gasteiger partial charge in [-0.15, -0.1) is 11.3 Å². The van der Waals surface area contributed by atoms with Gasteiger partial charge in [0.1, 0.15) is 19.0 Å². The molecule has 6 nitrogen and oxygen atoms in total. The number of nitrogens with zero attached hydrogens (tertiary/aromatic N) is 1. The molecule has 2 aromatic carbocycles. The number of amides is 1. The summed E-state index contributed by atoms with van der Waals surface area (Å²) in [5.74, 6) is 1.85. The van der Waals surface area contributed by atoms with Crippen LogP contribution >= 0.6 is 11.3 Å². The SMILES string of the molecule is COc1ccccc1OCCNC(=O)/C=C/c1cccc(OCc2csc(C)n2)c1. The Morgan fingerprint density at radius 2 is 1.97 bits per heavy atom. The predicted molar refractivity (Wildman–Crippen MR) is 118 cm³/mol. The summed E-state index contributed by atoms with van der Waals surface area (Å²) in [4.78, 5) is 16.4. The van der Waals surface area contributed by atoms with Crippen LogP contribution in [0, 0.1) is 6.92 Å². The molecule has 0 spiro atoms. The third-order valence-corrected chi connectivity index (χ3v) is 4.89. The van der Waals surface area contributed by atoms with Crippen molar-refractivity contribution < 1.29 is 19.0 Å². The minimum Gasteiger partial charge on any atom is -0.493 e. The monoisotopic (exact) mass is 424 g/mol. The number of thiazole rings is 1. The average molecular weight is 425 g/mol. The molecule has 0 aliphatic carbocycles. The molecule has 0 unspecified atom stereocenters. The molecule has 0 aliphatic rings. The normalized spacial score (nSPS) is 10.7. The summed E-state index contributed by atoms with van der Waals surface area (Å²) in [6, 6.07) is 15.0. The first-order valence-corrected chi connectivity index (χ1v) is 10.4. The number of hydrogen-bond donors (Lipinski definition) is 1. The number of aryl methyl sites for hydroxylation is 1. The molecule has 30 heavy (non-hydrogen) atoms. The Hall–Kier alpha value is -3.32. The van der Waals surface area contributed by atoms with E-state index in [2.05, 4.69) is 10.3 Å². The molecule has 1 aromatic heterocycles. The Kier molecular flexibility index (Phi) is 7.86. The standard InChI is InChI=1S/C23H24N2O4S/c1-17-25-19(16-30-17)15-29-20-7-5-6-18(14-20)10-11-23(26)24-12-13-28-22-9-4-3-8-21(22)27-2/h3-11,14,16H,12-13,15H2,1-2H3,(H,24,26)/b11-10+. The molecule has 7 heteroatoms. The lowest BCUT2D eigenvalue weighted by Gasteiger charge is -2.10. The number of hydrogen-bond acceptors (Lipinski definition) is 6. The van der Waals surface area contributed by atoms with Crippen molar-refractivity contribution in [2.75, 3.05) is 20.3 Å². The lowest BCUT2D eigenvalue weighted by molar-refractivity contribution is -0.116. The van der Waals surface area contributed by atoms with Gasteiger partial charge in [0.2, 0.25) is 5.91 Å². The number of methoxy groups -OCH3 is 1. The summed E-state index contributed by atoms with van der Waals surface area (Å²) in [5, 5.41) is 5.80. The zero-order valence-corrected chi connectivity index (χ0v) is 17.8. The summed E-state index contributed by atoms with van der Waals surface area (Å²) in [7, 11) is 1.59. The van der Waals surface area contributed by atoms with Crippen LogP contribution in [0.2, 0.25) is 0 Å². The van der Waals surface area contributed by atoms with E-state index in [1.807, 2.05) is 60.8 Å². The van der Waals surface area contributed by atoms with E-state index in [-0.39, 0.29) is 5.91 Å². The van der Waals surface area contributed by atoms with Crippen LogP contribution in [-0.4, -0.2) is 31.2 Å². The molecule has 1 N–H and O–H groups in total. The molecule has 0 radical (unpaired) electrons. The Morgan fingerprint density at radius 3 is 2.73 bits per heavy atom. The molecule has 1 amide bonds. The zero-order valence-electron chi connectivity index (χ0n) is 17.0. The van der Waals surface area contributed by atoms with Crippen molar-refractivity contribution in [2.24, 2.45) is 0 Å². The number of carbonyl (C=O) groups is 1. The smallest absolute Gasteiger partial charge is 0.244 e. The maximum absolute atomic E-state index is 12.0. The average Bonchev–Trinajstić information content (AvgIpc) is 3.19. The molecule has 0 saturated carbocycles. The van der Waals surface area contributed by atoms with Crippen LogP contribution in [0.15, 0.2) is 60.0 Å². The van der Waals surface area contributed by atoms with E-state index >= 15 is 0 Å². The van der Waals surface area contributed by atoms with Gasteiger partial charge in [0.05, 0.1) is 24.4 Å². The highest BCUT2D eigenvalue weighted by Crippen LogP contribution is 2.25. The molecule has 0 saturated heterocycles. The van der Waals surface area contributed by atoms with Gasteiger partial charge in [0.25, 0.3) is 0 Å². The van der Waals surface area contributed by atoms with Gasteiger partial charge in [0.15, 0.2) is 11.5 Å². The predicted octanol–water partition coefficient (Wildman–Crippen LogP) is 4.25. The van der Waals surface area contributed by atoms with Gasteiger partial charge in [-0.3, -0.25) is 4.79 Å². The van der Waals surface area contributed by atoms with Crippen molar-refractivity contribution >= 4 is 23.3 Å². The maximum Gasteiger partial charge on any atom is 0.244 e. The summed E-state index contributed by atoms with van der Waals surface area (Å²) in [6.45, 7) is 3.12. The molecule has 0 fully saturated rings. The molecule has 156 valence electrons. The number of para-hydroxylation sites is 2. The number of rotatable bonds is 10. The molecule has 0 aliphatic heterocycles. The summed E-state index contributed by atoms with van der Waals surface area (Å²) < 4.78 is 16.6. The molecule has 0 bridgehead atoms. The van der Waals surface area contributed by atoms with E-state index in [9.17, 15) is 4.79 Å². The topological polar surface area (TPSA) is 69.7 Å². The lowest BCUT2D eigenvalue weighted by atomic mass is 10.2. The van der Waals surface area contributed by atoms with Gasteiger partial charge in [-0.1, -0.05) is 24.3 Å². The number of benzene rings is 2. The highest BCUT2D eigenvalue weighted by atomic mass is 32.1. The Labute approximate surface area is 180 Å². The molecular formula is C23H24N2O4S. The Bertz CT molecular complexity index is 1000. The first-order valence-electron chi connectivity index (χ1n) is 9.49. The second-order valence-corrected chi connectivity index (χ2v) is 7.40. The lowest BCUT2D eigenvalue weighted by Crippen LogP contribution is -2.26. The first-order chi connectivity index (χ1) is 14.6. The van der Waals surface area contributed by atoms with Crippen LogP contribution in [0.3, 0.4) is 0 Å². The van der Waals surface area contributed by atoms with Gasteiger partial charge in [-0.2, -0.15) is 0 Å². The fraction of sp³-hybridized carbons (Fsp3) is 0.217. The van der Waals surface area contributed by atoms with Crippen LogP contribution in [0.25, 0.3) is 6.08 Å². The van der Waals surface area contributed by atoms with Crippen molar-refractivity contribution in [2.45, 2.75) is 13.5 Å². The molecule has 3 rings (SSSR count). The van der Waals surface area contributed by atoms with Crippen molar-refractivity contribution in [3.8, 4) is 17.2 Å². The van der Waals surface area contributed by atoms with Gasteiger partial charge >= 0.3 is 0 Å². The summed E-state index contributed by atoms with van der Waals surface area (Å²) >= 11 is 1.60. The number of nitrogens with one attached hydrogen (secondary N) is 1. The van der Waals surface area contributed by atoms with E-state index in [0.717, 1.165) is 22.0 Å². The van der Waals surface area contributed by atoms with Crippen molar-refractivity contribution in [1.82, 2.24) is 10.3 Å². The molecular weight excluding hydrogens is 400 g/mol. The van der Waals surface area contributed by atoms with E-state index in [0.29, 0.717) is 31.3 Å². The number of aromatic nitrogens is 1. The van der Waals surface area contributed by atoms with Crippen molar-refractivity contribution in [3.63, 3.8) is 0 Å². The second-order valence-electron chi connectivity index (χ2n) is 6.34. The van der Waals surface area contributed by atoms with Crippen LogP contribution in [0.1, 0.15) is 16.3 Å². The van der Waals surface area contributed by atoms with Crippen molar-refractivity contribution in [3.05, 3.63) is 76.3 Å². The van der Waals surface area contributed by atoms with Gasteiger partial charge < -0.3 is 19.5 Å². The third-order valence-electron chi connectivity index (χ3n) is 4.07. The second kappa shape index (κ2) is 11.0. The van der Waals surface area contributed by atoms with E-state index < -0.39 is 0 Å². The van der Waals surface area contributed by atoms with Crippen LogP contribution < -0.4 is 19.5 Å². The van der Waals surface area contributed by atoms with E-state index in [4.69, 9.17) is 14.2 Å². The fourth-order valence-electron chi connectivity index (χ4n) is 2.64. The maximum atomic E-state index is 12.0. The molecule has 0 atom stereocenters. The molecule has 1 heterocycles. The fourth-order valence-corrected chi connectivity index (χ4v) is 3.24. The Balaban J connectivity index is 1.43. The number of ether oxygens (including phenoxy) is 3. The first kappa shape index (κ1) is 21.4. The van der Waals surface area contributed by atoms with Gasteiger partial charge in [0, 0.05) is 11.5 Å². The zero-order chi connectivity index (χ0) is 21.2. The number of carbonyl (C=O) groups excluding carboxylic acids is 1. The van der Waals surface area contributed by atoms with E-state index in [1.165, 1.54) is 6.08 Å². The summed E-state index contributed by atoms with van der Waals surface area (Å²) in [6.07, 6.45) is 3.24. The molecule has 3 aromatic rings. The summed E-state index contributed by atoms with van der Waals surface area (Å²) in [5.41, 5.74) is 1.79. The largest absolute Gasteiger partial charge is 0.493 e. The minimum absolute atomic E-state index is 0.192. The Morgan fingerprint density at radius 1 is 1.13 bits per heavy atom. The van der Waals surface area contributed by atoms with Crippen LogP contribution in [-0.2, 0) is 11.4 Å². The highest BCUT2D eigenvalue weighted by Gasteiger charge is 2.03. The minimum atomic E-state index is -0.192. The van der Waals surface area contributed by atoms with Crippen molar-refractivity contribution in [1.29, 1.82) is 0 Å². The van der Waals surface area contributed by atoms with Crippen LogP contribution in [0.4, 0.5) is 0 Å². The highest BCUT2D eigenvalue weighted by molar-refractivity contribution is 7.09. The van der Waals surface area contributed by atoms with Gasteiger partial charge in [-0.05, 0) is 42.8 Å². The third kappa shape index (κ3) is 6.63. The van der Waals surface area contributed by atoms with Crippen LogP contribution in [0.5, 0.6) is 17.2 Å². The quantitative estimate of drug-likeness (QED) is 0.389. The van der Waals surface area contributed by atoms with Gasteiger partial charge in [-0.25, -0.2) is 4.98 Å².